The van der Waals surface area contributed by atoms with Crippen LogP contribution in [-0.2, 0) is 4.79 Å². The van der Waals surface area contributed by atoms with Crippen molar-refractivity contribution >= 4 is 12.1 Å². The van der Waals surface area contributed by atoms with E-state index in [4.69, 9.17) is 19.7 Å². The summed E-state index contributed by atoms with van der Waals surface area (Å²) in [7, 11) is 0. The molecule has 0 atom stereocenters. The number of carboxylic acids is 1. The summed E-state index contributed by atoms with van der Waals surface area (Å²) in [5, 5.41) is 17.4. The van der Waals surface area contributed by atoms with E-state index in [1.807, 2.05) is 0 Å². The van der Waals surface area contributed by atoms with E-state index in [1.165, 1.54) is 4.90 Å². The highest BCUT2D eigenvalue weighted by molar-refractivity contribution is 5.68. The second-order valence-electron chi connectivity index (χ2n) is 4.74. The average Bonchev–Trinajstić information content (AvgIpc) is 2.47. The van der Waals surface area contributed by atoms with Crippen LogP contribution in [0.2, 0.25) is 0 Å². The van der Waals surface area contributed by atoms with E-state index in [1.54, 1.807) is 24.3 Å². The zero-order chi connectivity index (χ0) is 15.2. The summed E-state index contributed by atoms with van der Waals surface area (Å²) in [6.07, 6.45) is 0.410. The average molecular weight is 295 g/mol. The number of piperidine rings is 1. The third kappa shape index (κ3) is 4.55. The Bertz CT molecular complexity index is 493. The molecule has 2 N–H and O–H groups in total. The molecule has 0 aliphatic carbocycles. The maximum Gasteiger partial charge on any atom is 0.407 e. The Morgan fingerprint density at radius 2 is 1.67 bits per heavy atom. The summed E-state index contributed by atoms with van der Waals surface area (Å²) in [5.41, 5.74) is 0. The number of rotatable bonds is 5. The monoisotopic (exact) mass is 295 g/mol. The minimum atomic E-state index is -1.03. The van der Waals surface area contributed by atoms with Gasteiger partial charge in [-0.2, -0.15) is 0 Å². The first kappa shape index (κ1) is 15.0. The van der Waals surface area contributed by atoms with Gasteiger partial charge in [0, 0.05) is 25.9 Å². The van der Waals surface area contributed by atoms with Crippen LogP contribution in [0.5, 0.6) is 11.5 Å². The highest BCUT2D eigenvalue weighted by Crippen LogP contribution is 2.22. The van der Waals surface area contributed by atoms with Gasteiger partial charge in [-0.05, 0) is 24.3 Å². The standard InChI is InChI=1S/C14H17NO6/c16-13(17)9-20-10-1-3-11(4-2-10)21-12-5-7-15(8-6-12)14(18)19/h1-4,12H,5-9H2,(H,16,17)(H,18,19). The van der Waals surface area contributed by atoms with Gasteiger partial charge >= 0.3 is 12.1 Å². The molecule has 7 heteroatoms. The molecule has 1 amide bonds. The number of carboxylic acid groups (broad SMARTS) is 2. The zero-order valence-electron chi connectivity index (χ0n) is 11.4. The lowest BCUT2D eigenvalue weighted by Gasteiger charge is -2.30. The zero-order valence-corrected chi connectivity index (χ0v) is 11.4. The number of hydrogen-bond donors (Lipinski definition) is 2. The normalized spacial score (nSPS) is 15.5. The summed E-state index contributed by atoms with van der Waals surface area (Å²) >= 11 is 0. The molecule has 1 aromatic carbocycles. The van der Waals surface area contributed by atoms with Crippen LogP contribution in [0, 0.1) is 0 Å². The van der Waals surface area contributed by atoms with E-state index in [9.17, 15) is 9.59 Å². The van der Waals surface area contributed by atoms with Crippen molar-refractivity contribution in [1.29, 1.82) is 0 Å². The van der Waals surface area contributed by atoms with Crippen molar-refractivity contribution < 1.29 is 29.3 Å². The Hall–Kier alpha value is -2.44. The second kappa shape index (κ2) is 6.83. The topological polar surface area (TPSA) is 96.3 Å². The van der Waals surface area contributed by atoms with Crippen molar-refractivity contribution in [3.63, 3.8) is 0 Å². The van der Waals surface area contributed by atoms with E-state index in [-0.39, 0.29) is 12.7 Å². The van der Waals surface area contributed by atoms with Gasteiger partial charge in [0.05, 0.1) is 0 Å². The first-order valence-corrected chi connectivity index (χ1v) is 6.64. The summed E-state index contributed by atoms with van der Waals surface area (Å²) in [4.78, 5) is 22.6. The molecule has 1 heterocycles. The smallest absolute Gasteiger partial charge is 0.407 e. The molecule has 0 unspecified atom stereocenters. The molecule has 0 spiro atoms. The molecule has 114 valence electrons. The molecule has 7 nitrogen and oxygen atoms in total. The van der Waals surface area contributed by atoms with Gasteiger partial charge in [0.15, 0.2) is 6.61 Å². The first-order chi connectivity index (χ1) is 10.0. The maximum atomic E-state index is 10.8. The molecule has 1 saturated heterocycles. The van der Waals surface area contributed by atoms with Gasteiger partial charge in [-0.1, -0.05) is 0 Å². The van der Waals surface area contributed by atoms with Crippen molar-refractivity contribution in [3.8, 4) is 11.5 Å². The third-order valence-corrected chi connectivity index (χ3v) is 3.20. The molecular weight excluding hydrogens is 278 g/mol. The third-order valence-electron chi connectivity index (χ3n) is 3.20. The molecule has 0 saturated carbocycles. The minimum absolute atomic E-state index is 0.00797. The van der Waals surface area contributed by atoms with E-state index in [0.29, 0.717) is 37.4 Å². The van der Waals surface area contributed by atoms with Crippen LogP contribution < -0.4 is 9.47 Å². The number of benzene rings is 1. The second-order valence-corrected chi connectivity index (χ2v) is 4.74. The lowest BCUT2D eigenvalue weighted by Crippen LogP contribution is -2.41. The van der Waals surface area contributed by atoms with Crippen LogP contribution in [0.4, 0.5) is 4.79 Å². The van der Waals surface area contributed by atoms with Gasteiger partial charge in [-0.3, -0.25) is 0 Å². The fraction of sp³-hybridized carbons (Fsp3) is 0.429. The highest BCUT2D eigenvalue weighted by Gasteiger charge is 2.23. The van der Waals surface area contributed by atoms with Crippen molar-refractivity contribution in [2.75, 3.05) is 19.7 Å². The van der Waals surface area contributed by atoms with Crippen LogP contribution in [0.3, 0.4) is 0 Å². The quantitative estimate of drug-likeness (QED) is 0.857. The van der Waals surface area contributed by atoms with Gasteiger partial charge in [0.25, 0.3) is 0 Å². The summed E-state index contributed by atoms with van der Waals surface area (Å²) < 4.78 is 10.8. The molecule has 2 rings (SSSR count). The van der Waals surface area contributed by atoms with Crippen molar-refractivity contribution in [3.05, 3.63) is 24.3 Å². The molecule has 1 aliphatic heterocycles. The van der Waals surface area contributed by atoms with Crippen LogP contribution in [0.25, 0.3) is 0 Å². The summed E-state index contributed by atoms with van der Waals surface area (Å²) in [6.45, 7) is 0.563. The lowest BCUT2D eigenvalue weighted by atomic mass is 10.1. The largest absolute Gasteiger partial charge is 0.490 e. The Morgan fingerprint density at radius 3 is 2.19 bits per heavy atom. The fourth-order valence-corrected chi connectivity index (χ4v) is 2.12. The number of aliphatic carboxylic acids is 1. The van der Waals surface area contributed by atoms with E-state index < -0.39 is 12.1 Å². The van der Waals surface area contributed by atoms with Crippen LogP contribution >= 0.6 is 0 Å². The van der Waals surface area contributed by atoms with Gasteiger partial charge in [-0.15, -0.1) is 0 Å². The number of amides is 1. The molecule has 21 heavy (non-hydrogen) atoms. The van der Waals surface area contributed by atoms with Crippen LogP contribution in [-0.4, -0.2) is 53.0 Å². The lowest BCUT2D eigenvalue weighted by molar-refractivity contribution is -0.139. The molecule has 0 aromatic heterocycles. The van der Waals surface area contributed by atoms with Gasteiger partial charge in [-0.25, -0.2) is 9.59 Å². The van der Waals surface area contributed by atoms with E-state index in [2.05, 4.69) is 0 Å². The summed E-state index contributed by atoms with van der Waals surface area (Å²) in [6, 6.07) is 6.71. The molecule has 0 bridgehead atoms. The SMILES string of the molecule is O=C(O)COc1ccc(OC2CCN(C(=O)O)CC2)cc1. The van der Waals surface area contributed by atoms with Gasteiger partial charge in [0.2, 0.25) is 0 Å². The number of hydrogen-bond acceptors (Lipinski definition) is 4. The van der Waals surface area contributed by atoms with E-state index >= 15 is 0 Å². The van der Waals surface area contributed by atoms with Crippen molar-refractivity contribution in [2.45, 2.75) is 18.9 Å². The minimum Gasteiger partial charge on any atom is -0.490 e. The van der Waals surface area contributed by atoms with Gasteiger partial charge in [0.1, 0.15) is 17.6 Å². The Kier molecular flexibility index (Phi) is 4.86. The van der Waals surface area contributed by atoms with E-state index in [0.717, 1.165) is 0 Å². The number of carbonyl (C=O) groups is 2. The van der Waals surface area contributed by atoms with Crippen LogP contribution in [0.1, 0.15) is 12.8 Å². The predicted molar refractivity (Wildman–Crippen MR) is 72.8 cm³/mol. The number of nitrogens with zero attached hydrogens (tertiary/aromatic N) is 1. The first-order valence-electron chi connectivity index (χ1n) is 6.64. The maximum absolute atomic E-state index is 10.8. The molecule has 1 fully saturated rings. The number of ether oxygens (including phenoxy) is 2. The van der Waals surface area contributed by atoms with Crippen molar-refractivity contribution in [1.82, 2.24) is 4.90 Å². The molecule has 1 aromatic rings. The Labute approximate surface area is 121 Å². The van der Waals surface area contributed by atoms with Crippen LogP contribution in [0.15, 0.2) is 24.3 Å². The molecule has 0 radical (unpaired) electrons. The Balaban J connectivity index is 1.81. The molecular formula is C14H17NO6. The fourth-order valence-electron chi connectivity index (χ4n) is 2.12. The highest BCUT2D eigenvalue weighted by atomic mass is 16.5. The summed E-state index contributed by atoms with van der Waals surface area (Å²) in [5.74, 6) is 0.0948. The number of likely N-dealkylation sites (tertiary alicyclic amines) is 1. The Morgan fingerprint density at radius 1 is 1.10 bits per heavy atom. The van der Waals surface area contributed by atoms with Crippen molar-refractivity contribution in [2.24, 2.45) is 0 Å². The van der Waals surface area contributed by atoms with Gasteiger partial charge < -0.3 is 24.6 Å². The molecule has 1 aliphatic rings. The predicted octanol–water partition coefficient (Wildman–Crippen LogP) is 1.67.